The summed E-state index contributed by atoms with van der Waals surface area (Å²) in [6.45, 7) is 1.76. The summed E-state index contributed by atoms with van der Waals surface area (Å²) in [7, 11) is 1.73. The topological polar surface area (TPSA) is 53.6 Å². The zero-order valence-electron chi connectivity index (χ0n) is 9.53. The van der Waals surface area contributed by atoms with Crippen LogP contribution >= 0.6 is 0 Å². The van der Waals surface area contributed by atoms with Crippen molar-refractivity contribution in [1.82, 2.24) is 9.78 Å². The van der Waals surface area contributed by atoms with Crippen molar-refractivity contribution in [2.75, 3.05) is 5.32 Å². The van der Waals surface area contributed by atoms with Crippen LogP contribution < -0.4 is 5.32 Å². The number of aryl methyl sites for hydroxylation is 2. The number of benzene rings is 1. The predicted molar refractivity (Wildman–Crippen MR) is 62.3 cm³/mol. The van der Waals surface area contributed by atoms with Gasteiger partial charge in [-0.3, -0.25) is 4.68 Å². The molecule has 0 unspecified atom stereocenters. The van der Waals surface area contributed by atoms with E-state index in [0.717, 1.165) is 0 Å². The van der Waals surface area contributed by atoms with E-state index in [2.05, 4.69) is 16.5 Å². The van der Waals surface area contributed by atoms with Crippen molar-refractivity contribution in [2.45, 2.75) is 6.92 Å². The zero-order valence-corrected chi connectivity index (χ0v) is 9.53. The van der Waals surface area contributed by atoms with Crippen LogP contribution in [-0.2, 0) is 7.05 Å². The number of aromatic nitrogens is 2. The molecule has 0 saturated carbocycles. The minimum atomic E-state index is -0.326. The molecule has 0 saturated heterocycles. The Hall–Kier alpha value is -2.35. The van der Waals surface area contributed by atoms with Gasteiger partial charge < -0.3 is 5.32 Å². The smallest absolute Gasteiger partial charge is 0.146 e. The monoisotopic (exact) mass is 230 g/mol. The molecule has 17 heavy (non-hydrogen) atoms. The molecule has 1 heterocycles. The van der Waals surface area contributed by atoms with Crippen molar-refractivity contribution >= 4 is 11.5 Å². The average Bonchev–Trinajstić information content (AvgIpc) is 2.53. The quantitative estimate of drug-likeness (QED) is 0.862. The van der Waals surface area contributed by atoms with Gasteiger partial charge in [-0.25, -0.2) is 4.39 Å². The normalized spacial score (nSPS) is 10.0. The van der Waals surface area contributed by atoms with E-state index in [4.69, 9.17) is 5.26 Å². The van der Waals surface area contributed by atoms with Crippen molar-refractivity contribution in [3.05, 3.63) is 41.3 Å². The van der Waals surface area contributed by atoms with E-state index in [9.17, 15) is 4.39 Å². The number of halogens is 1. The first-order valence-electron chi connectivity index (χ1n) is 5.08. The molecule has 0 amide bonds. The molecule has 2 aromatic rings. The first-order valence-corrected chi connectivity index (χ1v) is 5.08. The van der Waals surface area contributed by atoms with Gasteiger partial charge >= 0.3 is 0 Å². The minimum absolute atomic E-state index is 0.326. The molecule has 2 rings (SSSR count). The lowest BCUT2D eigenvalue weighted by Gasteiger charge is -2.06. The fourth-order valence-electron chi connectivity index (χ4n) is 1.64. The Labute approximate surface area is 98.3 Å². The average molecular weight is 230 g/mol. The Morgan fingerprint density at radius 2 is 2.24 bits per heavy atom. The highest BCUT2D eigenvalue weighted by molar-refractivity contribution is 5.64. The summed E-state index contributed by atoms with van der Waals surface area (Å²) in [6.07, 6.45) is 0. The highest BCUT2D eigenvalue weighted by Gasteiger charge is 2.12. The second kappa shape index (κ2) is 4.26. The van der Waals surface area contributed by atoms with Gasteiger partial charge in [-0.2, -0.15) is 10.4 Å². The van der Waals surface area contributed by atoms with E-state index >= 15 is 0 Å². The SMILES string of the molecule is Cc1nn(C)c(Nc2cccc(F)c2)c1C#N. The molecule has 0 bridgehead atoms. The number of nitrogens with one attached hydrogen (secondary N) is 1. The highest BCUT2D eigenvalue weighted by atomic mass is 19.1. The fraction of sp³-hybridized carbons (Fsp3) is 0.167. The Bertz CT molecular complexity index is 595. The molecule has 1 aromatic heterocycles. The third-order valence-electron chi connectivity index (χ3n) is 2.42. The molecule has 0 fully saturated rings. The zero-order chi connectivity index (χ0) is 12.4. The molecule has 0 aliphatic heterocycles. The molecule has 0 aliphatic rings. The first kappa shape index (κ1) is 11.1. The van der Waals surface area contributed by atoms with Crippen molar-refractivity contribution in [3.8, 4) is 6.07 Å². The van der Waals surface area contributed by atoms with Crippen LogP contribution in [0.3, 0.4) is 0 Å². The Kier molecular flexibility index (Phi) is 2.79. The van der Waals surface area contributed by atoms with Crippen molar-refractivity contribution in [2.24, 2.45) is 7.05 Å². The lowest BCUT2D eigenvalue weighted by molar-refractivity contribution is 0.628. The maximum Gasteiger partial charge on any atom is 0.146 e. The molecule has 5 heteroatoms. The van der Waals surface area contributed by atoms with Gasteiger partial charge in [0.2, 0.25) is 0 Å². The Balaban J connectivity index is 2.40. The standard InChI is InChI=1S/C12H11FN4/c1-8-11(7-14)12(17(2)16-8)15-10-5-3-4-9(13)6-10/h3-6,15H,1-2H3. The van der Waals surface area contributed by atoms with Crippen LogP contribution in [0, 0.1) is 24.1 Å². The molecular weight excluding hydrogens is 219 g/mol. The van der Waals surface area contributed by atoms with Gasteiger partial charge in [-0.15, -0.1) is 0 Å². The van der Waals surface area contributed by atoms with E-state index < -0.39 is 0 Å². The van der Waals surface area contributed by atoms with Crippen molar-refractivity contribution in [1.29, 1.82) is 5.26 Å². The van der Waals surface area contributed by atoms with E-state index in [-0.39, 0.29) is 5.82 Å². The number of anilines is 2. The van der Waals surface area contributed by atoms with Crippen molar-refractivity contribution in [3.63, 3.8) is 0 Å². The maximum absolute atomic E-state index is 13.0. The van der Waals surface area contributed by atoms with Crippen LogP contribution in [0.5, 0.6) is 0 Å². The molecular formula is C12H11FN4. The molecule has 86 valence electrons. The van der Waals surface area contributed by atoms with Gasteiger partial charge in [0.15, 0.2) is 0 Å². The Morgan fingerprint density at radius 3 is 2.88 bits per heavy atom. The molecule has 4 nitrogen and oxygen atoms in total. The van der Waals surface area contributed by atoms with Gasteiger partial charge in [-0.05, 0) is 25.1 Å². The fourth-order valence-corrected chi connectivity index (χ4v) is 1.64. The van der Waals surface area contributed by atoms with Gasteiger partial charge in [-0.1, -0.05) is 6.07 Å². The summed E-state index contributed by atoms with van der Waals surface area (Å²) in [5.74, 6) is 0.239. The lowest BCUT2D eigenvalue weighted by Crippen LogP contribution is -2.00. The summed E-state index contributed by atoms with van der Waals surface area (Å²) in [5, 5.41) is 16.2. The molecule has 1 N–H and O–H groups in total. The summed E-state index contributed by atoms with van der Waals surface area (Å²) >= 11 is 0. The predicted octanol–water partition coefficient (Wildman–Crippen LogP) is 2.48. The maximum atomic E-state index is 13.0. The van der Waals surface area contributed by atoms with E-state index in [1.165, 1.54) is 12.1 Å². The molecule has 0 aliphatic carbocycles. The van der Waals surface area contributed by atoms with Gasteiger partial charge in [0.05, 0.1) is 5.69 Å². The third-order valence-corrected chi connectivity index (χ3v) is 2.42. The molecule has 0 spiro atoms. The van der Waals surface area contributed by atoms with Crippen LogP contribution in [0.15, 0.2) is 24.3 Å². The second-order valence-corrected chi connectivity index (χ2v) is 3.68. The summed E-state index contributed by atoms with van der Waals surface area (Å²) in [5.41, 5.74) is 1.70. The number of nitriles is 1. The van der Waals surface area contributed by atoms with Gasteiger partial charge in [0.1, 0.15) is 23.3 Å². The largest absolute Gasteiger partial charge is 0.339 e. The molecule has 1 aromatic carbocycles. The summed E-state index contributed by atoms with van der Waals surface area (Å²) in [4.78, 5) is 0. The van der Waals surface area contributed by atoms with Crippen LogP contribution in [0.1, 0.15) is 11.3 Å². The van der Waals surface area contributed by atoms with Crippen LogP contribution in [0.25, 0.3) is 0 Å². The molecule has 0 radical (unpaired) electrons. The first-order chi connectivity index (χ1) is 8.11. The van der Waals surface area contributed by atoms with Crippen molar-refractivity contribution < 1.29 is 4.39 Å². The summed E-state index contributed by atoms with van der Waals surface area (Å²) in [6, 6.07) is 8.14. The number of rotatable bonds is 2. The molecule has 0 atom stereocenters. The summed E-state index contributed by atoms with van der Waals surface area (Å²) < 4.78 is 14.6. The lowest BCUT2D eigenvalue weighted by atomic mass is 10.2. The number of nitrogens with zero attached hydrogens (tertiary/aromatic N) is 3. The van der Waals surface area contributed by atoms with Crippen LogP contribution in [0.4, 0.5) is 15.9 Å². The van der Waals surface area contributed by atoms with E-state index in [0.29, 0.717) is 22.8 Å². The van der Waals surface area contributed by atoms with Crippen LogP contribution in [-0.4, -0.2) is 9.78 Å². The van der Waals surface area contributed by atoms with Gasteiger partial charge in [0.25, 0.3) is 0 Å². The number of hydrogen-bond acceptors (Lipinski definition) is 3. The van der Waals surface area contributed by atoms with E-state index in [1.807, 2.05) is 0 Å². The second-order valence-electron chi connectivity index (χ2n) is 3.68. The highest BCUT2D eigenvalue weighted by Crippen LogP contribution is 2.22. The van der Waals surface area contributed by atoms with Gasteiger partial charge in [0, 0.05) is 12.7 Å². The minimum Gasteiger partial charge on any atom is -0.339 e. The number of hydrogen-bond donors (Lipinski definition) is 1. The third kappa shape index (κ3) is 2.11. The van der Waals surface area contributed by atoms with Crippen LogP contribution in [0.2, 0.25) is 0 Å². The van der Waals surface area contributed by atoms with E-state index in [1.54, 1.807) is 30.8 Å². The Morgan fingerprint density at radius 1 is 1.47 bits per heavy atom.